The normalized spacial score (nSPS) is 14.5. The van der Waals surface area contributed by atoms with E-state index in [0.29, 0.717) is 12.6 Å². The van der Waals surface area contributed by atoms with Gasteiger partial charge < -0.3 is 14.7 Å². The van der Waals surface area contributed by atoms with Crippen LogP contribution in [0.1, 0.15) is 39.5 Å². The van der Waals surface area contributed by atoms with Gasteiger partial charge in [0.2, 0.25) is 0 Å². The molecule has 0 heterocycles. The van der Waals surface area contributed by atoms with Gasteiger partial charge in [0.05, 0.1) is 6.16 Å². The molecule has 0 rings (SSSR count). The molecule has 0 aliphatic carbocycles. The summed E-state index contributed by atoms with van der Waals surface area (Å²) in [5, 5.41) is 0. The minimum absolute atomic E-state index is 0.0401. The first-order valence-corrected chi connectivity index (χ1v) is 7.41. The predicted molar refractivity (Wildman–Crippen MR) is 63.1 cm³/mol. The smallest absolute Gasteiger partial charge is 0.324 e. The Balaban J connectivity index is 3.69. The summed E-state index contributed by atoms with van der Waals surface area (Å²) < 4.78 is 10.7. The summed E-state index contributed by atoms with van der Waals surface area (Å²) in [4.78, 5) is 19.5. The van der Waals surface area contributed by atoms with Crippen molar-refractivity contribution in [3.63, 3.8) is 0 Å². The summed E-state index contributed by atoms with van der Waals surface area (Å²) in [6.45, 7) is 4.75. The highest BCUT2D eigenvalue weighted by atomic mass is 31.2. The third-order valence-electron chi connectivity index (χ3n) is 2.72. The molecule has 0 saturated carbocycles. The number of nitrogens with zero attached hydrogens (tertiary/aromatic N) is 1. The lowest BCUT2D eigenvalue weighted by atomic mass is 10.1. The lowest BCUT2D eigenvalue weighted by Gasteiger charge is -2.24. The van der Waals surface area contributed by atoms with Crippen LogP contribution in [0.15, 0.2) is 0 Å². The Bertz CT molecular complexity index is 205. The van der Waals surface area contributed by atoms with E-state index in [4.69, 9.17) is 9.79 Å². The third-order valence-corrected chi connectivity index (χ3v) is 3.50. The van der Waals surface area contributed by atoms with Crippen LogP contribution in [0.4, 0.5) is 0 Å². The highest BCUT2D eigenvalue weighted by molar-refractivity contribution is 7.51. The molecule has 0 saturated heterocycles. The second kappa shape index (κ2) is 7.39. The van der Waals surface area contributed by atoms with E-state index in [1.807, 2.05) is 11.9 Å². The molecular formula is C10H24NO3P. The zero-order chi connectivity index (χ0) is 11.9. The van der Waals surface area contributed by atoms with Crippen molar-refractivity contribution in [1.82, 2.24) is 4.90 Å². The predicted octanol–water partition coefficient (Wildman–Crippen LogP) is 2.06. The molecule has 92 valence electrons. The van der Waals surface area contributed by atoms with Gasteiger partial charge in [0.15, 0.2) is 0 Å². The van der Waals surface area contributed by atoms with Gasteiger partial charge in [-0.05, 0) is 20.4 Å². The van der Waals surface area contributed by atoms with E-state index in [2.05, 4.69) is 13.8 Å². The van der Waals surface area contributed by atoms with Gasteiger partial charge in [-0.2, -0.15) is 0 Å². The SMILES string of the molecule is CCCCC[C@@H](C)N(C)CCP(=O)(O)O. The van der Waals surface area contributed by atoms with Crippen molar-refractivity contribution in [3.8, 4) is 0 Å². The Morgan fingerprint density at radius 2 is 1.93 bits per heavy atom. The van der Waals surface area contributed by atoms with E-state index in [0.717, 1.165) is 6.42 Å². The molecule has 0 fully saturated rings. The minimum Gasteiger partial charge on any atom is -0.324 e. The van der Waals surface area contributed by atoms with Gasteiger partial charge in [0.1, 0.15) is 0 Å². The molecule has 15 heavy (non-hydrogen) atoms. The molecule has 0 spiro atoms. The van der Waals surface area contributed by atoms with E-state index in [1.165, 1.54) is 19.3 Å². The van der Waals surface area contributed by atoms with Gasteiger partial charge in [-0.3, -0.25) is 4.57 Å². The van der Waals surface area contributed by atoms with Crippen LogP contribution in [0.25, 0.3) is 0 Å². The van der Waals surface area contributed by atoms with Gasteiger partial charge in [-0.1, -0.05) is 26.2 Å². The molecule has 4 nitrogen and oxygen atoms in total. The fraction of sp³-hybridized carbons (Fsp3) is 1.00. The van der Waals surface area contributed by atoms with Crippen molar-refractivity contribution in [3.05, 3.63) is 0 Å². The summed E-state index contributed by atoms with van der Waals surface area (Å²) >= 11 is 0. The lowest BCUT2D eigenvalue weighted by molar-refractivity contribution is 0.248. The van der Waals surface area contributed by atoms with Crippen LogP contribution in [0.3, 0.4) is 0 Å². The van der Waals surface area contributed by atoms with Crippen molar-refractivity contribution in [2.45, 2.75) is 45.6 Å². The molecule has 0 aliphatic rings. The second-order valence-corrected chi connectivity index (χ2v) is 5.99. The fourth-order valence-corrected chi connectivity index (χ4v) is 1.99. The van der Waals surface area contributed by atoms with Gasteiger partial charge in [0, 0.05) is 12.6 Å². The molecule has 0 unspecified atom stereocenters. The lowest BCUT2D eigenvalue weighted by Crippen LogP contribution is -2.31. The number of hydrogen-bond donors (Lipinski definition) is 2. The van der Waals surface area contributed by atoms with E-state index in [9.17, 15) is 4.57 Å². The van der Waals surface area contributed by atoms with Crippen molar-refractivity contribution < 1.29 is 14.4 Å². The largest absolute Gasteiger partial charge is 0.326 e. The Morgan fingerprint density at radius 3 is 2.40 bits per heavy atom. The van der Waals surface area contributed by atoms with E-state index in [-0.39, 0.29) is 6.16 Å². The van der Waals surface area contributed by atoms with Crippen molar-refractivity contribution >= 4 is 7.60 Å². The highest BCUT2D eigenvalue weighted by Gasteiger charge is 2.16. The summed E-state index contributed by atoms with van der Waals surface area (Å²) in [5.74, 6) is 0. The molecule has 1 atom stereocenters. The van der Waals surface area contributed by atoms with Gasteiger partial charge in [0.25, 0.3) is 0 Å². The van der Waals surface area contributed by atoms with E-state index < -0.39 is 7.60 Å². The van der Waals surface area contributed by atoms with Crippen LogP contribution in [-0.4, -0.2) is 40.5 Å². The first-order valence-electron chi connectivity index (χ1n) is 5.61. The quantitative estimate of drug-likeness (QED) is 0.501. The van der Waals surface area contributed by atoms with E-state index in [1.54, 1.807) is 0 Å². The third kappa shape index (κ3) is 9.06. The van der Waals surface area contributed by atoms with Gasteiger partial charge in [-0.15, -0.1) is 0 Å². The maximum absolute atomic E-state index is 10.7. The zero-order valence-electron chi connectivity index (χ0n) is 10.0. The monoisotopic (exact) mass is 237 g/mol. The second-order valence-electron chi connectivity index (χ2n) is 4.21. The topological polar surface area (TPSA) is 60.8 Å². The molecular weight excluding hydrogens is 213 g/mol. The summed E-state index contributed by atoms with van der Waals surface area (Å²) in [5.41, 5.74) is 0. The molecule has 0 aromatic rings. The molecule has 0 aromatic heterocycles. The van der Waals surface area contributed by atoms with Crippen molar-refractivity contribution in [2.24, 2.45) is 0 Å². The zero-order valence-corrected chi connectivity index (χ0v) is 10.9. The van der Waals surface area contributed by atoms with Crippen LogP contribution in [-0.2, 0) is 4.57 Å². The minimum atomic E-state index is -3.83. The number of unbranched alkanes of at least 4 members (excludes halogenated alkanes) is 2. The summed E-state index contributed by atoms with van der Waals surface area (Å²) in [6.07, 6.45) is 4.70. The molecule has 0 aliphatic heterocycles. The Hall–Kier alpha value is 0.110. The summed E-state index contributed by atoms with van der Waals surface area (Å²) in [7, 11) is -1.91. The highest BCUT2D eigenvalue weighted by Crippen LogP contribution is 2.33. The first-order chi connectivity index (χ1) is 6.87. The molecule has 2 N–H and O–H groups in total. The molecule has 0 aromatic carbocycles. The number of hydrogen-bond acceptors (Lipinski definition) is 2. The van der Waals surface area contributed by atoms with Crippen LogP contribution in [0, 0.1) is 0 Å². The molecule has 0 bridgehead atoms. The Morgan fingerprint density at radius 1 is 1.33 bits per heavy atom. The van der Waals surface area contributed by atoms with Crippen molar-refractivity contribution in [2.75, 3.05) is 19.8 Å². The number of rotatable bonds is 8. The van der Waals surface area contributed by atoms with Crippen LogP contribution in [0.5, 0.6) is 0 Å². The van der Waals surface area contributed by atoms with Crippen LogP contribution < -0.4 is 0 Å². The van der Waals surface area contributed by atoms with Gasteiger partial charge in [-0.25, -0.2) is 0 Å². The van der Waals surface area contributed by atoms with E-state index >= 15 is 0 Å². The standard InChI is InChI=1S/C10H24NO3P/c1-4-5-6-7-10(2)11(3)8-9-15(12,13)14/h10H,4-9H2,1-3H3,(H2,12,13,14)/t10-/m1/s1. The average molecular weight is 237 g/mol. The fourth-order valence-electron chi connectivity index (χ4n) is 1.42. The van der Waals surface area contributed by atoms with Crippen LogP contribution in [0.2, 0.25) is 0 Å². The maximum atomic E-state index is 10.7. The van der Waals surface area contributed by atoms with Crippen molar-refractivity contribution in [1.29, 1.82) is 0 Å². The van der Waals surface area contributed by atoms with Crippen LogP contribution >= 0.6 is 7.60 Å². The van der Waals surface area contributed by atoms with Gasteiger partial charge >= 0.3 is 7.60 Å². The average Bonchev–Trinajstić information content (AvgIpc) is 2.13. The molecule has 5 heteroatoms. The Labute approximate surface area is 92.8 Å². The summed E-state index contributed by atoms with van der Waals surface area (Å²) in [6, 6.07) is 0.406. The maximum Gasteiger partial charge on any atom is 0.326 e. The first kappa shape index (κ1) is 15.1. The Kier molecular flexibility index (Phi) is 7.45. The molecule has 0 radical (unpaired) electrons. The molecule has 0 amide bonds.